The third-order valence-electron chi connectivity index (χ3n) is 3.96. The number of thioether (sulfide) groups is 1. The molecule has 0 aliphatic heterocycles. The first-order chi connectivity index (χ1) is 12.2. The number of nitrogens with zero attached hydrogens (tertiary/aromatic N) is 1. The van der Waals surface area contributed by atoms with Gasteiger partial charge in [0.1, 0.15) is 5.25 Å². The van der Waals surface area contributed by atoms with E-state index >= 15 is 0 Å². The average Bonchev–Trinajstić information content (AvgIpc) is 2.68. The molecule has 3 aromatic rings. The molecule has 0 fully saturated rings. The fraction of sp³-hybridized carbons (Fsp3) is 0.136. The van der Waals surface area contributed by atoms with Crippen molar-refractivity contribution in [3.8, 4) is 0 Å². The van der Waals surface area contributed by atoms with Crippen molar-refractivity contribution in [2.75, 3.05) is 7.05 Å². The van der Waals surface area contributed by atoms with Gasteiger partial charge in [0.25, 0.3) is 0 Å². The molecule has 0 spiro atoms. The number of likely N-dealkylation sites (N-methyl/N-ethyl adjacent to an activating group) is 1. The first-order valence-corrected chi connectivity index (χ1v) is 9.17. The number of rotatable bonds is 6. The molecule has 0 aliphatic carbocycles. The highest BCUT2D eigenvalue weighted by Gasteiger charge is 2.25. The van der Waals surface area contributed by atoms with Gasteiger partial charge in [0, 0.05) is 18.5 Å². The summed E-state index contributed by atoms with van der Waals surface area (Å²) in [5.41, 5.74) is 2.16. The lowest BCUT2D eigenvalue weighted by atomic mass is 10.1. The summed E-state index contributed by atoms with van der Waals surface area (Å²) in [5, 5.41) is -0.252. The maximum Gasteiger partial charge on any atom is 0.240 e. The third kappa shape index (κ3) is 4.74. The summed E-state index contributed by atoms with van der Waals surface area (Å²) in [6.07, 6.45) is 0. The van der Waals surface area contributed by atoms with Gasteiger partial charge >= 0.3 is 0 Å². The molecule has 0 saturated carbocycles. The van der Waals surface area contributed by atoms with Gasteiger partial charge in [-0.3, -0.25) is 4.79 Å². The van der Waals surface area contributed by atoms with Crippen LogP contribution in [-0.2, 0) is 11.3 Å². The minimum absolute atomic E-state index is 0.115. The van der Waals surface area contributed by atoms with Crippen molar-refractivity contribution in [2.24, 2.45) is 0 Å². The van der Waals surface area contributed by atoms with Crippen LogP contribution >= 0.6 is 11.8 Å². The number of carbonyl (C=O) groups excluding carboxylic acids is 1. The summed E-state index contributed by atoms with van der Waals surface area (Å²) in [6, 6.07) is 30.2. The van der Waals surface area contributed by atoms with E-state index in [1.54, 1.807) is 11.8 Å². The van der Waals surface area contributed by atoms with Crippen LogP contribution in [0.15, 0.2) is 95.9 Å². The van der Waals surface area contributed by atoms with Crippen LogP contribution in [-0.4, -0.2) is 17.9 Å². The average molecular weight is 347 g/mol. The molecule has 1 atom stereocenters. The van der Waals surface area contributed by atoms with E-state index in [1.165, 1.54) is 0 Å². The van der Waals surface area contributed by atoms with Gasteiger partial charge in [-0.1, -0.05) is 78.9 Å². The molecule has 3 heteroatoms. The lowest BCUT2D eigenvalue weighted by molar-refractivity contribution is -0.129. The monoisotopic (exact) mass is 347 g/mol. The number of hydrogen-bond acceptors (Lipinski definition) is 2. The summed E-state index contributed by atoms with van der Waals surface area (Å²) in [4.78, 5) is 16.1. The predicted octanol–water partition coefficient (Wildman–Crippen LogP) is 5.18. The van der Waals surface area contributed by atoms with E-state index in [1.807, 2.05) is 103 Å². The normalized spacial score (nSPS) is 11.7. The Bertz CT molecular complexity index is 790. The highest BCUT2D eigenvalue weighted by Crippen LogP contribution is 2.36. The van der Waals surface area contributed by atoms with Crippen molar-refractivity contribution in [1.29, 1.82) is 0 Å². The van der Waals surface area contributed by atoms with Crippen LogP contribution in [0.5, 0.6) is 0 Å². The predicted molar refractivity (Wildman–Crippen MR) is 104 cm³/mol. The molecular weight excluding hydrogens is 326 g/mol. The number of amides is 1. The summed E-state index contributed by atoms with van der Waals surface area (Å²) in [6.45, 7) is 0.609. The molecule has 1 amide bonds. The molecule has 3 aromatic carbocycles. The Balaban J connectivity index is 1.81. The quantitative estimate of drug-likeness (QED) is 0.573. The van der Waals surface area contributed by atoms with Crippen molar-refractivity contribution >= 4 is 17.7 Å². The maximum absolute atomic E-state index is 13.2. The van der Waals surface area contributed by atoms with Gasteiger partial charge in [-0.05, 0) is 23.3 Å². The second kappa shape index (κ2) is 8.54. The number of carbonyl (C=O) groups is 1. The molecule has 25 heavy (non-hydrogen) atoms. The Kier molecular flexibility index (Phi) is 5.91. The van der Waals surface area contributed by atoms with E-state index in [0.717, 1.165) is 16.0 Å². The van der Waals surface area contributed by atoms with Gasteiger partial charge in [0.15, 0.2) is 0 Å². The SMILES string of the molecule is CN(Cc1ccccc1)C(=O)[C@H](Sc1ccccc1)c1ccccc1. The minimum Gasteiger partial charge on any atom is -0.340 e. The highest BCUT2D eigenvalue weighted by molar-refractivity contribution is 8.00. The first kappa shape index (κ1) is 17.3. The number of hydrogen-bond donors (Lipinski definition) is 0. The summed E-state index contributed by atoms with van der Waals surface area (Å²) in [7, 11) is 1.87. The minimum atomic E-state index is -0.252. The van der Waals surface area contributed by atoms with E-state index in [9.17, 15) is 4.79 Å². The summed E-state index contributed by atoms with van der Waals surface area (Å²) >= 11 is 1.60. The van der Waals surface area contributed by atoms with Gasteiger partial charge in [0.05, 0.1) is 0 Å². The molecule has 0 bridgehead atoms. The highest BCUT2D eigenvalue weighted by atomic mass is 32.2. The topological polar surface area (TPSA) is 20.3 Å². The summed E-state index contributed by atoms with van der Waals surface area (Å²) < 4.78 is 0. The van der Waals surface area contributed by atoms with E-state index in [-0.39, 0.29) is 11.2 Å². The van der Waals surface area contributed by atoms with E-state index in [0.29, 0.717) is 6.54 Å². The molecule has 0 N–H and O–H groups in total. The van der Waals surface area contributed by atoms with Crippen molar-refractivity contribution in [1.82, 2.24) is 4.90 Å². The molecule has 0 aliphatic rings. The fourth-order valence-corrected chi connectivity index (χ4v) is 3.82. The molecule has 0 radical (unpaired) electrons. The van der Waals surface area contributed by atoms with Crippen LogP contribution in [0.4, 0.5) is 0 Å². The van der Waals surface area contributed by atoms with Gasteiger partial charge < -0.3 is 4.90 Å². The van der Waals surface area contributed by atoms with Crippen molar-refractivity contribution in [3.05, 3.63) is 102 Å². The van der Waals surface area contributed by atoms with Crippen LogP contribution in [0.3, 0.4) is 0 Å². The van der Waals surface area contributed by atoms with Gasteiger partial charge in [-0.15, -0.1) is 11.8 Å². The van der Waals surface area contributed by atoms with Gasteiger partial charge in [-0.25, -0.2) is 0 Å². The molecule has 2 nitrogen and oxygen atoms in total. The van der Waals surface area contributed by atoms with Gasteiger partial charge in [-0.2, -0.15) is 0 Å². The zero-order chi connectivity index (χ0) is 17.5. The van der Waals surface area contributed by atoms with Crippen molar-refractivity contribution < 1.29 is 4.79 Å². The Morgan fingerprint density at radius 3 is 1.96 bits per heavy atom. The first-order valence-electron chi connectivity index (χ1n) is 8.29. The molecule has 0 saturated heterocycles. The van der Waals surface area contributed by atoms with E-state index in [2.05, 4.69) is 0 Å². The van der Waals surface area contributed by atoms with E-state index < -0.39 is 0 Å². The van der Waals surface area contributed by atoms with Crippen LogP contribution < -0.4 is 0 Å². The lowest BCUT2D eigenvalue weighted by Gasteiger charge is -2.24. The third-order valence-corrected chi connectivity index (χ3v) is 5.22. The second-order valence-electron chi connectivity index (χ2n) is 5.90. The van der Waals surface area contributed by atoms with Crippen LogP contribution in [0.2, 0.25) is 0 Å². The Labute approximate surface area is 153 Å². The van der Waals surface area contributed by atoms with Crippen molar-refractivity contribution in [2.45, 2.75) is 16.7 Å². The largest absolute Gasteiger partial charge is 0.340 e. The Hall–Kier alpha value is -2.52. The fourth-order valence-electron chi connectivity index (χ4n) is 2.66. The summed E-state index contributed by atoms with van der Waals surface area (Å²) in [5.74, 6) is 0.115. The Morgan fingerprint density at radius 2 is 1.36 bits per heavy atom. The molecule has 3 rings (SSSR count). The zero-order valence-corrected chi connectivity index (χ0v) is 15.0. The standard InChI is InChI=1S/C22H21NOS/c1-23(17-18-11-5-2-6-12-18)22(24)21(19-13-7-3-8-14-19)25-20-15-9-4-10-16-20/h2-16,21H,17H2,1H3/t21-/m1/s1. The van der Waals surface area contributed by atoms with Crippen LogP contribution in [0.1, 0.15) is 16.4 Å². The van der Waals surface area contributed by atoms with Crippen LogP contribution in [0, 0.1) is 0 Å². The molecule has 0 heterocycles. The lowest BCUT2D eigenvalue weighted by Crippen LogP contribution is -2.30. The number of benzene rings is 3. The zero-order valence-electron chi connectivity index (χ0n) is 14.2. The molecular formula is C22H21NOS. The molecule has 126 valence electrons. The van der Waals surface area contributed by atoms with E-state index in [4.69, 9.17) is 0 Å². The van der Waals surface area contributed by atoms with Crippen molar-refractivity contribution in [3.63, 3.8) is 0 Å². The Morgan fingerprint density at radius 1 is 0.840 bits per heavy atom. The van der Waals surface area contributed by atoms with Crippen LogP contribution in [0.25, 0.3) is 0 Å². The molecule has 0 aromatic heterocycles. The second-order valence-corrected chi connectivity index (χ2v) is 7.08. The van der Waals surface area contributed by atoms with Gasteiger partial charge in [0.2, 0.25) is 5.91 Å². The molecule has 0 unspecified atom stereocenters. The smallest absolute Gasteiger partial charge is 0.240 e. The maximum atomic E-state index is 13.2.